The van der Waals surface area contributed by atoms with Gasteiger partial charge in [-0.3, -0.25) is 4.40 Å². The molecule has 0 aliphatic heterocycles. The second-order valence-electron chi connectivity index (χ2n) is 8.54. The molecule has 0 unspecified atom stereocenters. The Morgan fingerprint density at radius 1 is 1.00 bits per heavy atom. The lowest BCUT2D eigenvalue weighted by atomic mass is 9.85. The van der Waals surface area contributed by atoms with Gasteiger partial charge in [0.2, 0.25) is 0 Å². The Balaban J connectivity index is 1.78. The van der Waals surface area contributed by atoms with E-state index < -0.39 is 23.2 Å². The van der Waals surface area contributed by atoms with Gasteiger partial charge in [0.05, 0.1) is 10.9 Å². The second-order valence-corrected chi connectivity index (χ2v) is 8.54. The van der Waals surface area contributed by atoms with Crippen LogP contribution in [-0.2, 0) is 6.42 Å². The van der Waals surface area contributed by atoms with E-state index in [2.05, 4.69) is 15.2 Å². The third kappa shape index (κ3) is 4.34. The lowest BCUT2D eigenvalue weighted by Crippen LogP contribution is -2.32. The van der Waals surface area contributed by atoms with Crippen LogP contribution >= 0.6 is 0 Å². The SMILES string of the molecule is CCN(c1cc(F)cc(CCC(C)(C)C(F)(F)F)c1)c1nc2nncn2c2ccc(F)cc12. The number of aromatic nitrogens is 4. The molecule has 0 aliphatic carbocycles. The van der Waals surface area contributed by atoms with Gasteiger partial charge in [-0.1, -0.05) is 13.8 Å². The first-order valence-corrected chi connectivity index (χ1v) is 10.4. The third-order valence-corrected chi connectivity index (χ3v) is 5.83. The summed E-state index contributed by atoms with van der Waals surface area (Å²) in [7, 11) is 0. The summed E-state index contributed by atoms with van der Waals surface area (Å²) in [5.74, 6) is -0.418. The van der Waals surface area contributed by atoms with Crippen LogP contribution in [0.2, 0.25) is 0 Å². The summed E-state index contributed by atoms with van der Waals surface area (Å²) in [6.07, 6.45) is -3.05. The number of hydrogen-bond donors (Lipinski definition) is 0. The van der Waals surface area contributed by atoms with Crippen molar-refractivity contribution in [1.82, 2.24) is 19.6 Å². The van der Waals surface area contributed by atoms with E-state index in [-0.39, 0.29) is 18.6 Å². The van der Waals surface area contributed by atoms with Gasteiger partial charge in [-0.25, -0.2) is 8.78 Å². The summed E-state index contributed by atoms with van der Waals surface area (Å²) < 4.78 is 70.0. The summed E-state index contributed by atoms with van der Waals surface area (Å²) in [6.45, 7) is 4.42. The van der Waals surface area contributed by atoms with E-state index in [1.807, 2.05) is 6.92 Å². The van der Waals surface area contributed by atoms with Crippen LogP contribution in [0.4, 0.5) is 33.5 Å². The third-order valence-electron chi connectivity index (χ3n) is 5.83. The van der Waals surface area contributed by atoms with Crippen molar-refractivity contribution in [2.24, 2.45) is 5.41 Å². The van der Waals surface area contributed by atoms with Gasteiger partial charge in [-0.05, 0) is 61.7 Å². The Labute approximate surface area is 186 Å². The van der Waals surface area contributed by atoms with Crippen LogP contribution < -0.4 is 4.90 Å². The van der Waals surface area contributed by atoms with Gasteiger partial charge in [0, 0.05) is 17.6 Å². The zero-order valence-corrected chi connectivity index (χ0v) is 18.3. The van der Waals surface area contributed by atoms with Crippen molar-refractivity contribution in [2.75, 3.05) is 11.4 Å². The molecule has 0 amide bonds. The molecule has 5 nitrogen and oxygen atoms in total. The van der Waals surface area contributed by atoms with E-state index in [9.17, 15) is 22.0 Å². The Morgan fingerprint density at radius 3 is 2.45 bits per heavy atom. The minimum absolute atomic E-state index is 0.0425. The first-order chi connectivity index (χ1) is 15.5. The molecule has 0 fully saturated rings. The number of fused-ring (bicyclic) bond motifs is 3. The fourth-order valence-electron chi connectivity index (χ4n) is 3.72. The lowest BCUT2D eigenvalue weighted by Gasteiger charge is -2.28. The van der Waals surface area contributed by atoms with Gasteiger partial charge < -0.3 is 4.90 Å². The summed E-state index contributed by atoms with van der Waals surface area (Å²) in [5, 5.41) is 8.30. The maximum absolute atomic E-state index is 14.5. The quantitative estimate of drug-likeness (QED) is 0.318. The molecular formula is C23H22F5N5. The minimum atomic E-state index is -4.36. The smallest absolute Gasteiger partial charge is 0.326 e. The molecule has 2 heterocycles. The fraction of sp³-hybridized carbons (Fsp3) is 0.348. The number of nitrogens with zero attached hydrogens (tertiary/aromatic N) is 5. The molecule has 174 valence electrons. The number of benzene rings is 2. The van der Waals surface area contributed by atoms with E-state index in [4.69, 9.17) is 0 Å². The molecule has 0 bridgehead atoms. The monoisotopic (exact) mass is 463 g/mol. The second kappa shape index (κ2) is 8.24. The zero-order chi connectivity index (χ0) is 24.0. The van der Waals surface area contributed by atoms with Gasteiger partial charge in [0.25, 0.3) is 5.78 Å². The summed E-state index contributed by atoms with van der Waals surface area (Å²) in [5.41, 5.74) is -0.458. The van der Waals surface area contributed by atoms with Gasteiger partial charge in [0.1, 0.15) is 23.8 Å². The molecule has 33 heavy (non-hydrogen) atoms. The van der Waals surface area contributed by atoms with Crippen molar-refractivity contribution in [1.29, 1.82) is 0 Å². The molecule has 0 spiro atoms. The molecule has 2 aromatic carbocycles. The number of anilines is 2. The van der Waals surface area contributed by atoms with Crippen LogP contribution in [0, 0.1) is 17.0 Å². The Kier molecular flexibility index (Phi) is 5.71. The topological polar surface area (TPSA) is 46.3 Å². The van der Waals surface area contributed by atoms with Crippen LogP contribution in [0.5, 0.6) is 0 Å². The minimum Gasteiger partial charge on any atom is -0.326 e. The van der Waals surface area contributed by atoms with Crippen molar-refractivity contribution in [3.8, 4) is 0 Å². The molecule has 2 aromatic heterocycles. The van der Waals surface area contributed by atoms with Crippen molar-refractivity contribution in [3.63, 3.8) is 0 Å². The number of halogens is 5. The number of aryl methyl sites for hydroxylation is 1. The Bertz CT molecular complexity index is 1310. The highest BCUT2D eigenvalue weighted by atomic mass is 19.4. The van der Waals surface area contributed by atoms with E-state index in [0.29, 0.717) is 34.5 Å². The molecule has 0 atom stereocenters. The average Bonchev–Trinajstić information content (AvgIpc) is 3.20. The van der Waals surface area contributed by atoms with Crippen molar-refractivity contribution in [2.45, 2.75) is 39.8 Å². The van der Waals surface area contributed by atoms with Gasteiger partial charge in [-0.2, -0.15) is 18.2 Å². The predicted octanol–water partition coefficient (Wildman–Crippen LogP) is 6.23. The van der Waals surface area contributed by atoms with Crippen molar-refractivity contribution >= 4 is 28.2 Å². The predicted molar refractivity (Wildman–Crippen MR) is 115 cm³/mol. The van der Waals surface area contributed by atoms with Crippen molar-refractivity contribution in [3.05, 3.63) is 59.9 Å². The zero-order valence-electron chi connectivity index (χ0n) is 18.3. The fourth-order valence-corrected chi connectivity index (χ4v) is 3.72. The molecule has 0 N–H and O–H groups in total. The highest BCUT2D eigenvalue weighted by Gasteiger charge is 2.46. The van der Waals surface area contributed by atoms with Crippen molar-refractivity contribution < 1.29 is 22.0 Å². The van der Waals surface area contributed by atoms with E-state index in [0.717, 1.165) is 13.8 Å². The summed E-state index contributed by atoms with van der Waals surface area (Å²) in [6, 6.07) is 8.37. The highest BCUT2D eigenvalue weighted by molar-refractivity contribution is 5.93. The maximum Gasteiger partial charge on any atom is 0.393 e. The van der Waals surface area contributed by atoms with Gasteiger partial charge >= 0.3 is 6.18 Å². The molecule has 0 saturated carbocycles. The summed E-state index contributed by atoms with van der Waals surface area (Å²) >= 11 is 0. The first-order valence-electron chi connectivity index (χ1n) is 10.4. The molecule has 0 aliphatic rings. The van der Waals surface area contributed by atoms with Crippen LogP contribution in [0.3, 0.4) is 0 Å². The number of rotatable bonds is 6. The largest absolute Gasteiger partial charge is 0.393 e. The lowest BCUT2D eigenvalue weighted by molar-refractivity contribution is -0.213. The van der Waals surface area contributed by atoms with Gasteiger partial charge in [-0.15, -0.1) is 10.2 Å². The molecule has 0 saturated heterocycles. The van der Waals surface area contributed by atoms with Gasteiger partial charge in [0.15, 0.2) is 0 Å². The molecule has 0 radical (unpaired) electrons. The van der Waals surface area contributed by atoms with Crippen LogP contribution in [0.1, 0.15) is 32.8 Å². The van der Waals surface area contributed by atoms with E-state index in [1.54, 1.807) is 21.4 Å². The molecular weight excluding hydrogens is 441 g/mol. The first kappa shape index (κ1) is 22.9. The highest BCUT2D eigenvalue weighted by Crippen LogP contribution is 2.41. The average molecular weight is 463 g/mol. The maximum atomic E-state index is 14.5. The molecule has 4 rings (SSSR count). The van der Waals surface area contributed by atoms with Crippen LogP contribution in [-0.4, -0.2) is 32.3 Å². The molecule has 4 aromatic rings. The number of alkyl halides is 3. The standard InChI is InChI=1S/C23H22F5N5/c1-4-32(17-10-14(9-16(25)11-17)7-8-22(2,3)23(26,27)28)20-18-12-15(24)5-6-19(18)33-13-29-31-21(33)30-20/h5-6,9-13H,4,7-8H2,1-3H3. The molecule has 10 heteroatoms. The van der Waals surface area contributed by atoms with E-state index in [1.165, 1.54) is 30.6 Å². The Morgan fingerprint density at radius 2 is 1.76 bits per heavy atom. The van der Waals surface area contributed by atoms with Crippen LogP contribution in [0.25, 0.3) is 16.7 Å². The normalized spacial score (nSPS) is 12.6. The Hall–Kier alpha value is -3.30. The number of hydrogen-bond acceptors (Lipinski definition) is 4. The van der Waals surface area contributed by atoms with Crippen LogP contribution in [0.15, 0.2) is 42.7 Å². The summed E-state index contributed by atoms with van der Waals surface area (Å²) in [4.78, 5) is 6.18. The van der Waals surface area contributed by atoms with E-state index >= 15 is 0 Å².